The minimum atomic E-state index is -0.988. The molecule has 0 fully saturated rings. The minimum Gasteiger partial charge on any atom is -0.478 e. The Morgan fingerprint density at radius 3 is 2.11 bits per heavy atom. The smallest absolute Gasteiger partial charge is 0.337 e. The van der Waals surface area contributed by atoms with E-state index in [1.165, 1.54) is 0 Å². The predicted octanol–water partition coefficient (Wildman–Crippen LogP) is 5.52. The molecule has 0 aliphatic carbocycles. The quantitative estimate of drug-likeness (QED) is 0.327. The largest absolute Gasteiger partial charge is 0.478 e. The number of para-hydroxylation sites is 1. The molecule has 1 aromatic heterocycles. The molecule has 0 saturated carbocycles. The third-order valence-electron chi connectivity index (χ3n) is 4.40. The molecule has 0 aliphatic rings. The Labute approximate surface area is 176 Å². The van der Waals surface area contributed by atoms with Gasteiger partial charge in [-0.25, -0.2) is 9.78 Å². The van der Waals surface area contributed by atoms with Crippen LogP contribution < -0.4 is 0 Å². The third-order valence-corrected chi connectivity index (χ3v) is 4.40. The number of aromatic nitrogens is 1. The molecule has 4 heteroatoms. The van der Waals surface area contributed by atoms with Crippen LogP contribution in [0.25, 0.3) is 22.6 Å². The second kappa shape index (κ2) is 8.73. The first-order valence-electron chi connectivity index (χ1n) is 8.68. The van der Waals surface area contributed by atoms with Crippen LogP contribution >= 0.6 is 0 Å². The number of hydrogen-bond donors (Lipinski definition) is 1. The molecule has 0 bridgehead atoms. The molecule has 1 N–H and O–H groups in total. The fraction of sp³-hybridized carbons (Fsp3) is 0. The molecule has 0 saturated heterocycles. The summed E-state index contributed by atoms with van der Waals surface area (Å²) < 4.78 is 0. The average Bonchev–Trinajstić information content (AvgIpc) is 2.72. The number of carboxylic acid groups (broad SMARTS) is 1. The van der Waals surface area contributed by atoms with E-state index in [1.807, 2.05) is 91.0 Å². The van der Waals surface area contributed by atoms with Crippen molar-refractivity contribution in [3.63, 3.8) is 0 Å². The van der Waals surface area contributed by atoms with Crippen molar-refractivity contribution >= 4 is 28.5 Å². The second-order valence-electron chi connectivity index (χ2n) is 6.22. The van der Waals surface area contributed by atoms with E-state index in [1.54, 1.807) is 6.07 Å². The molecule has 3 aromatic carbocycles. The molecule has 1 heterocycles. The summed E-state index contributed by atoms with van der Waals surface area (Å²) in [6.45, 7) is 0. The molecule has 0 aliphatic heterocycles. The summed E-state index contributed by atoms with van der Waals surface area (Å²) >= 11 is 0. The summed E-state index contributed by atoms with van der Waals surface area (Å²) in [4.78, 5) is 16.7. The van der Waals surface area contributed by atoms with Gasteiger partial charge < -0.3 is 5.11 Å². The van der Waals surface area contributed by atoms with E-state index in [0.29, 0.717) is 5.69 Å². The average molecular weight is 454 g/mol. The molecule has 139 valence electrons. The van der Waals surface area contributed by atoms with Crippen LogP contribution in [0.3, 0.4) is 0 Å². The Morgan fingerprint density at radius 2 is 1.43 bits per heavy atom. The molecule has 3 nitrogen and oxygen atoms in total. The Morgan fingerprint density at radius 1 is 0.821 bits per heavy atom. The zero-order valence-corrected chi connectivity index (χ0v) is 16.5. The van der Waals surface area contributed by atoms with Crippen molar-refractivity contribution in [1.82, 2.24) is 4.98 Å². The third kappa shape index (κ3) is 4.08. The van der Waals surface area contributed by atoms with Gasteiger partial charge >= 0.3 is 5.97 Å². The van der Waals surface area contributed by atoms with E-state index in [9.17, 15) is 9.90 Å². The van der Waals surface area contributed by atoms with Gasteiger partial charge in [0.05, 0.1) is 16.8 Å². The number of carbonyl (C=O) groups is 1. The molecular weight excluding hydrogens is 437 g/mol. The fourth-order valence-corrected chi connectivity index (χ4v) is 3.11. The Bertz CT molecular complexity index is 1140. The second-order valence-corrected chi connectivity index (χ2v) is 6.22. The zero-order valence-electron chi connectivity index (χ0n) is 14.9. The predicted molar refractivity (Wildman–Crippen MR) is 109 cm³/mol. The number of rotatable bonds is 4. The van der Waals surface area contributed by atoms with E-state index in [4.69, 9.17) is 4.98 Å². The number of fused-ring (bicyclic) bond motifs is 1. The number of carboxylic acids is 1. The van der Waals surface area contributed by atoms with Crippen molar-refractivity contribution in [3.05, 3.63) is 113 Å². The maximum absolute atomic E-state index is 12.0. The molecule has 28 heavy (non-hydrogen) atoms. The van der Waals surface area contributed by atoms with E-state index in [-0.39, 0.29) is 25.0 Å². The van der Waals surface area contributed by atoms with E-state index < -0.39 is 5.97 Å². The molecule has 0 unspecified atom stereocenters. The van der Waals surface area contributed by atoms with Gasteiger partial charge in [-0.05, 0) is 29.3 Å². The first-order chi connectivity index (χ1) is 13.2. The van der Waals surface area contributed by atoms with E-state index in [2.05, 4.69) is 0 Å². The van der Waals surface area contributed by atoms with Crippen LogP contribution in [-0.2, 0) is 19.5 Å². The number of pyridine rings is 1. The molecule has 0 amide bonds. The van der Waals surface area contributed by atoms with Gasteiger partial charge in [-0.15, -0.1) is 0 Å². The van der Waals surface area contributed by atoms with Crippen molar-refractivity contribution < 1.29 is 29.4 Å². The maximum atomic E-state index is 12.0. The summed E-state index contributed by atoms with van der Waals surface area (Å²) in [7, 11) is 0. The number of hydrogen-bond acceptors (Lipinski definition) is 2. The van der Waals surface area contributed by atoms with Crippen LogP contribution in [0.2, 0.25) is 0 Å². The number of nitrogens with zero attached hydrogens (tertiary/aromatic N) is 1. The molecule has 1 radical (unpaired) electrons. The van der Waals surface area contributed by atoms with E-state index in [0.717, 1.165) is 27.6 Å². The molecule has 4 aromatic rings. The zero-order chi connectivity index (χ0) is 18.6. The van der Waals surface area contributed by atoms with E-state index >= 15 is 0 Å². The van der Waals surface area contributed by atoms with Gasteiger partial charge in [-0.3, -0.25) is 0 Å². The van der Waals surface area contributed by atoms with Crippen molar-refractivity contribution in [1.29, 1.82) is 0 Å². The van der Waals surface area contributed by atoms with Gasteiger partial charge in [0.1, 0.15) is 0 Å². The molecule has 0 spiro atoms. The number of benzene rings is 3. The van der Waals surface area contributed by atoms with Crippen molar-refractivity contribution in [2.24, 2.45) is 0 Å². The summed E-state index contributed by atoms with van der Waals surface area (Å²) in [5.41, 5.74) is 4.13. The monoisotopic (exact) mass is 454 g/mol. The van der Waals surface area contributed by atoms with Gasteiger partial charge in [0.25, 0.3) is 0 Å². The van der Waals surface area contributed by atoms with Crippen LogP contribution in [0.15, 0.2) is 91.0 Å². The molecular formula is C24H17NO2Rh. The van der Waals surface area contributed by atoms with Gasteiger partial charge in [0, 0.05) is 30.4 Å². The van der Waals surface area contributed by atoms with Crippen molar-refractivity contribution in [2.45, 2.75) is 0 Å². The topological polar surface area (TPSA) is 50.2 Å². The van der Waals surface area contributed by atoms with Crippen molar-refractivity contribution in [2.75, 3.05) is 0 Å². The molecule has 4 rings (SSSR count). The summed E-state index contributed by atoms with van der Waals surface area (Å²) in [5, 5.41) is 10.6. The Hall–Kier alpha value is -3.10. The fourth-order valence-electron chi connectivity index (χ4n) is 3.11. The summed E-state index contributed by atoms with van der Waals surface area (Å²) in [5.74, 6) is -0.988. The van der Waals surface area contributed by atoms with Gasteiger partial charge in [-0.1, -0.05) is 78.9 Å². The van der Waals surface area contributed by atoms with Gasteiger partial charge in [-0.2, -0.15) is 0 Å². The van der Waals surface area contributed by atoms with Gasteiger partial charge in [0.2, 0.25) is 0 Å². The molecule has 0 atom stereocenters. The first kappa shape index (κ1) is 19.7. The standard InChI is InChI=1S/C24H17NO2.Rh/c26-24(27)21-16-19-13-7-8-14-22(19)25-23(21)20(18-11-5-2-6-12-18)15-17-9-3-1-4-10-17;/h1-16H,(H,26,27);/b20-15+;. The minimum absolute atomic E-state index is 0. The Balaban J connectivity index is 0.00000225. The summed E-state index contributed by atoms with van der Waals surface area (Å²) in [6, 6.07) is 28.9. The Kier molecular flexibility index (Phi) is 6.13. The summed E-state index contributed by atoms with van der Waals surface area (Å²) in [6.07, 6.45) is 1.98. The van der Waals surface area contributed by atoms with Crippen LogP contribution in [0.1, 0.15) is 27.2 Å². The normalized spacial score (nSPS) is 11.1. The SMILES string of the molecule is O=C(O)c1cc2ccccc2nc1/C(=C/c1ccccc1)c1ccccc1.[Rh]. The van der Waals surface area contributed by atoms with Crippen LogP contribution in [0.5, 0.6) is 0 Å². The number of aromatic carboxylic acids is 1. The van der Waals surface area contributed by atoms with Gasteiger partial charge in [0.15, 0.2) is 0 Å². The first-order valence-corrected chi connectivity index (χ1v) is 8.68. The maximum Gasteiger partial charge on any atom is 0.337 e. The van der Waals surface area contributed by atoms with Crippen LogP contribution in [0, 0.1) is 0 Å². The van der Waals surface area contributed by atoms with Crippen molar-refractivity contribution in [3.8, 4) is 0 Å². The van der Waals surface area contributed by atoms with Crippen LogP contribution in [0.4, 0.5) is 0 Å². The van der Waals surface area contributed by atoms with Crippen LogP contribution in [-0.4, -0.2) is 16.1 Å².